The molecule has 0 radical (unpaired) electrons. The van der Waals surface area contributed by atoms with Crippen molar-refractivity contribution in [3.63, 3.8) is 0 Å². The predicted octanol–water partition coefficient (Wildman–Crippen LogP) is 2.27. The molecule has 2 atom stereocenters. The molecule has 2 aromatic heterocycles. The van der Waals surface area contributed by atoms with Gasteiger partial charge in [-0.2, -0.15) is 5.10 Å². The van der Waals surface area contributed by atoms with E-state index in [4.69, 9.17) is 16.6 Å². The zero-order valence-corrected chi connectivity index (χ0v) is 14.7. The largest absolute Gasteiger partial charge is 0.312 e. The summed E-state index contributed by atoms with van der Waals surface area (Å²) in [6.45, 7) is 4.81. The average molecular weight is 331 g/mol. The van der Waals surface area contributed by atoms with Gasteiger partial charge in [0.2, 0.25) is 0 Å². The molecule has 7 heteroatoms. The fraction of sp³-hybridized carbons (Fsp3) is 0.714. The first-order valence-corrected chi connectivity index (χ1v) is 9.44. The molecule has 0 amide bonds. The predicted molar refractivity (Wildman–Crippen MR) is 88.4 cm³/mol. The van der Waals surface area contributed by atoms with Gasteiger partial charge in [-0.3, -0.25) is 8.89 Å². The fourth-order valence-corrected chi connectivity index (χ4v) is 3.05. The van der Waals surface area contributed by atoms with Gasteiger partial charge in [0, 0.05) is 48.2 Å². The second-order valence-electron chi connectivity index (χ2n) is 5.38. The van der Waals surface area contributed by atoms with E-state index in [0.29, 0.717) is 18.8 Å². The van der Waals surface area contributed by atoms with E-state index in [-0.39, 0.29) is 5.25 Å². The van der Waals surface area contributed by atoms with Crippen molar-refractivity contribution in [2.45, 2.75) is 44.9 Å². The highest BCUT2D eigenvalue weighted by Crippen LogP contribution is 2.22. The quantitative estimate of drug-likeness (QED) is 0.732. The van der Waals surface area contributed by atoms with Gasteiger partial charge in [-0.15, -0.1) is 11.6 Å². The first-order chi connectivity index (χ1) is 9.99. The Morgan fingerprint density at radius 1 is 1.38 bits per heavy atom. The van der Waals surface area contributed by atoms with Gasteiger partial charge < -0.3 is 4.57 Å². The highest BCUT2D eigenvalue weighted by molar-refractivity contribution is 7.84. The van der Waals surface area contributed by atoms with Gasteiger partial charge in [-0.1, -0.05) is 13.3 Å². The number of alkyl halides is 1. The number of rotatable bonds is 7. The Morgan fingerprint density at radius 3 is 2.67 bits per heavy atom. The number of hydrogen-bond donors (Lipinski definition) is 0. The monoisotopic (exact) mass is 330 g/mol. The summed E-state index contributed by atoms with van der Waals surface area (Å²) in [7, 11) is 1.08. The normalized spacial score (nSPS) is 14.7. The zero-order valence-electron chi connectivity index (χ0n) is 13.1. The second kappa shape index (κ2) is 6.92. The van der Waals surface area contributed by atoms with Crippen LogP contribution in [0.1, 0.15) is 31.8 Å². The summed E-state index contributed by atoms with van der Waals surface area (Å²) in [6, 6.07) is 0. The molecule has 2 unspecified atom stereocenters. The van der Waals surface area contributed by atoms with Crippen molar-refractivity contribution in [2.75, 3.05) is 12.1 Å². The molecule has 2 heterocycles. The van der Waals surface area contributed by atoms with Crippen LogP contribution in [0.25, 0.3) is 11.2 Å². The van der Waals surface area contributed by atoms with Gasteiger partial charge in [-0.25, -0.2) is 4.98 Å². The molecule has 0 N–H and O–H groups in total. The Labute approximate surface area is 133 Å². The Kier molecular flexibility index (Phi) is 5.43. The molecule has 118 valence electrons. The van der Waals surface area contributed by atoms with Crippen LogP contribution in [-0.2, 0) is 37.2 Å². The molecule has 0 saturated heterocycles. The Balaban J connectivity index is 2.53. The Morgan fingerprint density at radius 2 is 2.10 bits per heavy atom. The summed E-state index contributed by atoms with van der Waals surface area (Å²) in [5, 5.41) is 4.65. The van der Waals surface area contributed by atoms with Gasteiger partial charge in [0.05, 0.1) is 5.69 Å². The first-order valence-electron chi connectivity index (χ1n) is 7.28. The third-order valence-corrected chi connectivity index (χ3v) is 5.15. The van der Waals surface area contributed by atoms with Crippen LogP contribution in [0.15, 0.2) is 0 Å². The number of halogens is 1. The fourth-order valence-electron chi connectivity index (χ4n) is 2.52. The van der Waals surface area contributed by atoms with Gasteiger partial charge in [0.25, 0.3) is 0 Å². The highest BCUT2D eigenvalue weighted by Gasteiger charge is 2.20. The lowest BCUT2D eigenvalue weighted by Gasteiger charge is -2.13. The molecule has 21 heavy (non-hydrogen) atoms. The van der Waals surface area contributed by atoms with E-state index in [1.807, 2.05) is 18.7 Å². The zero-order chi connectivity index (χ0) is 15.6. The molecular weight excluding hydrogens is 308 g/mol. The minimum absolute atomic E-state index is 0.0704. The summed E-state index contributed by atoms with van der Waals surface area (Å²) in [5.74, 6) is 1.49. The number of nitrogens with zero attached hydrogens (tertiary/aromatic N) is 4. The molecular formula is C14H23ClN4OS. The van der Waals surface area contributed by atoms with E-state index in [0.717, 1.165) is 35.5 Å². The molecule has 5 nitrogen and oxygen atoms in total. The van der Waals surface area contributed by atoms with Crippen LogP contribution in [0, 0.1) is 0 Å². The maximum Gasteiger partial charge on any atom is 0.158 e. The number of imidazole rings is 1. The third-order valence-electron chi connectivity index (χ3n) is 3.68. The van der Waals surface area contributed by atoms with E-state index in [1.54, 1.807) is 6.26 Å². The summed E-state index contributed by atoms with van der Waals surface area (Å²) in [5.41, 5.74) is 3.01. The van der Waals surface area contributed by atoms with Crippen molar-refractivity contribution in [3.05, 3.63) is 11.5 Å². The molecule has 0 fully saturated rings. The summed E-state index contributed by atoms with van der Waals surface area (Å²) < 4.78 is 15.7. The van der Waals surface area contributed by atoms with Gasteiger partial charge >= 0.3 is 0 Å². The van der Waals surface area contributed by atoms with Crippen LogP contribution >= 0.6 is 11.6 Å². The lowest BCUT2D eigenvalue weighted by molar-refractivity contribution is 0.617. The lowest BCUT2D eigenvalue weighted by atomic mass is 10.2. The molecule has 0 saturated carbocycles. The van der Waals surface area contributed by atoms with Crippen LogP contribution in [0.3, 0.4) is 0 Å². The molecule has 0 aliphatic heterocycles. The van der Waals surface area contributed by atoms with Crippen molar-refractivity contribution in [3.8, 4) is 0 Å². The van der Waals surface area contributed by atoms with Crippen LogP contribution in [-0.4, -0.2) is 40.9 Å². The van der Waals surface area contributed by atoms with Crippen molar-refractivity contribution >= 4 is 33.6 Å². The number of aromatic nitrogens is 4. The van der Waals surface area contributed by atoms with E-state index in [9.17, 15) is 4.21 Å². The molecule has 0 spiro atoms. The van der Waals surface area contributed by atoms with Gasteiger partial charge in [0.15, 0.2) is 5.65 Å². The minimum atomic E-state index is -0.865. The number of aryl methyl sites for hydroxylation is 3. The molecule has 0 aliphatic carbocycles. The van der Waals surface area contributed by atoms with Crippen LogP contribution in [0.4, 0.5) is 0 Å². The van der Waals surface area contributed by atoms with E-state index in [1.165, 1.54) is 0 Å². The summed E-state index contributed by atoms with van der Waals surface area (Å²) in [6.07, 6.45) is 4.42. The molecule has 2 aromatic rings. The summed E-state index contributed by atoms with van der Waals surface area (Å²) in [4.78, 5) is 4.75. The van der Waals surface area contributed by atoms with E-state index < -0.39 is 10.8 Å². The number of fused-ring (bicyclic) bond motifs is 1. The highest BCUT2D eigenvalue weighted by atomic mass is 35.5. The SMILES string of the molecule is CCCc1nn(C)c2c1nc(CCCl)n2CC(C)S(C)=O. The molecule has 0 aliphatic rings. The molecule has 0 bridgehead atoms. The lowest BCUT2D eigenvalue weighted by Crippen LogP contribution is -2.20. The minimum Gasteiger partial charge on any atom is -0.312 e. The van der Waals surface area contributed by atoms with Crippen molar-refractivity contribution in [2.24, 2.45) is 7.05 Å². The van der Waals surface area contributed by atoms with E-state index in [2.05, 4.69) is 16.6 Å². The van der Waals surface area contributed by atoms with Gasteiger partial charge in [0.1, 0.15) is 11.3 Å². The summed E-state index contributed by atoms with van der Waals surface area (Å²) >= 11 is 5.91. The first kappa shape index (κ1) is 16.5. The maximum absolute atomic E-state index is 11.7. The molecule has 2 rings (SSSR count). The van der Waals surface area contributed by atoms with Crippen molar-refractivity contribution in [1.82, 2.24) is 19.3 Å². The van der Waals surface area contributed by atoms with Crippen LogP contribution in [0.2, 0.25) is 0 Å². The topological polar surface area (TPSA) is 52.7 Å². The second-order valence-corrected chi connectivity index (χ2v) is 7.56. The average Bonchev–Trinajstić information content (AvgIpc) is 2.91. The van der Waals surface area contributed by atoms with E-state index >= 15 is 0 Å². The maximum atomic E-state index is 11.7. The Hall–Kier alpha value is -0.880. The van der Waals surface area contributed by atoms with Gasteiger partial charge in [-0.05, 0) is 13.3 Å². The Bertz CT molecular complexity index is 649. The van der Waals surface area contributed by atoms with Crippen molar-refractivity contribution in [1.29, 1.82) is 0 Å². The van der Waals surface area contributed by atoms with Crippen molar-refractivity contribution < 1.29 is 4.21 Å². The standard InChI is InChI=1S/C14H23ClN4OS/c1-5-6-11-13-14(18(3)17-11)19(9-10(2)21(4)20)12(16-13)7-8-15/h10H,5-9H2,1-4H3. The van der Waals surface area contributed by atoms with Crippen LogP contribution in [0.5, 0.6) is 0 Å². The third kappa shape index (κ3) is 3.31. The number of hydrogen-bond acceptors (Lipinski definition) is 3. The van der Waals surface area contributed by atoms with Crippen LogP contribution < -0.4 is 0 Å². The smallest absolute Gasteiger partial charge is 0.158 e. The molecule has 0 aromatic carbocycles.